The molecule has 0 saturated heterocycles. The zero-order valence-corrected chi connectivity index (χ0v) is 20.1. The molecule has 2 N–H and O–H groups in total. The Morgan fingerprint density at radius 2 is 1.82 bits per heavy atom. The molecule has 7 nitrogen and oxygen atoms in total. The van der Waals surface area contributed by atoms with Crippen molar-refractivity contribution in [1.82, 2.24) is 5.32 Å². The third kappa shape index (κ3) is 4.09. The van der Waals surface area contributed by atoms with E-state index in [9.17, 15) is 9.59 Å². The van der Waals surface area contributed by atoms with E-state index in [-0.39, 0.29) is 5.91 Å². The van der Waals surface area contributed by atoms with Crippen LogP contribution in [0.4, 0.5) is 5.00 Å². The number of nitrogens with one attached hydrogen (secondary N) is 2. The lowest BCUT2D eigenvalue weighted by Gasteiger charge is -2.27. The van der Waals surface area contributed by atoms with Gasteiger partial charge in [0.15, 0.2) is 11.5 Å². The molecule has 1 aromatic heterocycles. The second-order valence-corrected chi connectivity index (χ2v) is 9.74. The number of hydrogen-bond donors (Lipinski definition) is 2. The molecule has 3 aromatic rings. The molecule has 2 heterocycles. The van der Waals surface area contributed by atoms with Gasteiger partial charge in [0.2, 0.25) is 0 Å². The molecule has 0 radical (unpaired) electrons. The molecule has 5 rings (SSSR count). The lowest BCUT2D eigenvalue weighted by atomic mass is 9.88. The van der Waals surface area contributed by atoms with Crippen LogP contribution in [0.3, 0.4) is 0 Å². The summed E-state index contributed by atoms with van der Waals surface area (Å²) < 4.78 is 16.2. The first-order valence-electron chi connectivity index (χ1n) is 11.2. The zero-order valence-electron chi connectivity index (χ0n) is 19.3. The van der Waals surface area contributed by atoms with Crippen LogP contribution in [0.1, 0.15) is 56.2 Å². The standard InChI is InChI=1S/C26H26N2O5S/c1-14-4-10-18-21(12-14)34-25-22(18)24(29)27-23(28-25)16-7-11-19(20(13-16)32-3)33-26(30)15-5-8-17(31-2)9-6-15/h5-9,11,13-14,23,28H,4,10,12H2,1-3H3,(H,27,29). The van der Waals surface area contributed by atoms with Crippen molar-refractivity contribution in [3.05, 3.63) is 69.6 Å². The van der Waals surface area contributed by atoms with Gasteiger partial charge in [-0.1, -0.05) is 13.0 Å². The predicted octanol–water partition coefficient (Wildman–Crippen LogP) is 4.96. The van der Waals surface area contributed by atoms with Gasteiger partial charge in [-0.3, -0.25) is 4.79 Å². The first kappa shape index (κ1) is 22.3. The Balaban J connectivity index is 1.36. The number of benzene rings is 2. The molecule has 0 bridgehead atoms. The van der Waals surface area contributed by atoms with Crippen molar-refractivity contribution >= 4 is 28.2 Å². The van der Waals surface area contributed by atoms with E-state index in [1.165, 1.54) is 17.6 Å². The summed E-state index contributed by atoms with van der Waals surface area (Å²) in [6.07, 6.45) is 2.68. The molecule has 34 heavy (non-hydrogen) atoms. The average Bonchev–Trinajstić information content (AvgIpc) is 3.22. The lowest BCUT2D eigenvalue weighted by molar-refractivity contribution is 0.0729. The maximum Gasteiger partial charge on any atom is 0.343 e. The molecule has 1 aliphatic heterocycles. The largest absolute Gasteiger partial charge is 0.497 e. The van der Waals surface area contributed by atoms with Gasteiger partial charge in [0.1, 0.15) is 16.9 Å². The van der Waals surface area contributed by atoms with Crippen molar-refractivity contribution in [2.75, 3.05) is 19.5 Å². The minimum absolute atomic E-state index is 0.0558. The Bertz CT molecular complexity index is 1250. The molecular formula is C26H26N2O5S. The molecule has 0 saturated carbocycles. The summed E-state index contributed by atoms with van der Waals surface area (Å²) >= 11 is 1.68. The van der Waals surface area contributed by atoms with Gasteiger partial charge < -0.3 is 24.8 Å². The summed E-state index contributed by atoms with van der Waals surface area (Å²) in [5.41, 5.74) is 3.19. The van der Waals surface area contributed by atoms with Crippen molar-refractivity contribution in [3.8, 4) is 17.2 Å². The number of carbonyl (C=O) groups is 2. The quantitative estimate of drug-likeness (QED) is 0.398. The van der Waals surface area contributed by atoms with E-state index in [0.29, 0.717) is 28.7 Å². The lowest BCUT2D eigenvalue weighted by Crippen LogP contribution is -2.38. The Morgan fingerprint density at radius 3 is 2.56 bits per heavy atom. The molecule has 2 aromatic carbocycles. The van der Waals surface area contributed by atoms with E-state index in [4.69, 9.17) is 14.2 Å². The van der Waals surface area contributed by atoms with Crippen molar-refractivity contribution in [3.63, 3.8) is 0 Å². The van der Waals surface area contributed by atoms with Crippen molar-refractivity contribution in [1.29, 1.82) is 0 Å². The van der Waals surface area contributed by atoms with Crippen LogP contribution < -0.4 is 24.8 Å². The Hall–Kier alpha value is -3.52. The summed E-state index contributed by atoms with van der Waals surface area (Å²) in [4.78, 5) is 26.9. The Morgan fingerprint density at radius 1 is 1.03 bits per heavy atom. The molecule has 2 unspecified atom stereocenters. The highest BCUT2D eigenvalue weighted by atomic mass is 32.1. The molecule has 1 amide bonds. The van der Waals surface area contributed by atoms with E-state index in [1.807, 2.05) is 6.07 Å². The van der Waals surface area contributed by atoms with Gasteiger partial charge in [0.05, 0.1) is 25.3 Å². The molecule has 0 spiro atoms. The van der Waals surface area contributed by atoms with Crippen LogP contribution in [0.25, 0.3) is 0 Å². The van der Waals surface area contributed by atoms with Gasteiger partial charge in [0, 0.05) is 4.88 Å². The molecular weight excluding hydrogens is 452 g/mol. The maximum absolute atomic E-state index is 13.0. The molecule has 2 aliphatic rings. The maximum atomic E-state index is 13.0. The van der Waals surface area contributed by atoms with Gasteiger partial charge in [0.25, 0.3) is 5.91 Å². The van der Waals surface area contributed by atoms with Crippen LogP contribution in [0.5, 0.6) is 17.2 Å². The van der Waals surface area contributed by atoms with Crippen molar-refractivity contribution in [2.24, 2.45) is 5.92 Å². The number of anilines is 1. The van der Waals surface area contributed by atoms with Crippen molar-refractivity contribution in [2.45, 2.75) is 32.4 Å². The van der Waals surface area contributed by atoms with Gasteiger partial charge in [-0.05, 0) is 72.7 Å². The monoisotopic (exact) mass is 478 g/mol. The summed E-state index contributed by atoms with van der Waals surface area (Å²) in [6.45, 7) is 2.26. The number of rotatable bonds is 5. The van der Waals surface area contributed by atoms with E-state index >= 15 is 0 Å². The minimum atomic E-state index is -0.499. The van der Waals surface area contributed by atoms with E-state index < -0.39 is 12.1 Å². The number of amides is 1. The summed E-state index contributed by atoms with van der Waals surface area (Å²) in [5, 5.41) is 7.46. The van der Waals surface area contributed by atoms with E-state index in [0.717, 1.165) is 35.4 Å². The minimum Gasteiger partial charge on any atom is -0.497 e. The fourth-order valence-electron chi connectivity index (χ4n) is 4.46. The predicted molar refractivity (Wildman–Crippen MR) is 130 cm³/mol. The number of hydrogen-bond acceptors (Lipinski definition) is 7. The van der Waals surface area contributed by atoms with Crippen LogP contribution in [0, 0.1) is 5.92 Å². The summed E-state index contributed by atoms with van der Waals surface area (Å²) in [5.74, 6) is 1.45. The second kappa shape index (κ2) is 9.02. The summed E-state index contributed by atoms with van der Waals surface area (Å²) in [7, 11) is 3.08. The van der Waals surface area contributed by atoms with Crippen LogP contribution in [0.15, 0.2) is 42.5 Å². The third-order valence-electron chi connectivity index (χ3n) is 6.34. The molecule has 0 fully saturated rings. The zero-order chi connectivity index (χ0) is 23.8. The van der Waals surface area contributed by atoms with Crippen LogP contribution in [-0.4, -0.2) is 26.1 Å². The highest BCUT2D eigenvalue weighted by Gasteiger charge is 2.33. The van der Waals surface area contributed by atoms with Gasteiger partial charge in [-0.2, -0.15) is 0 Å². The SMILES string of the molecule is COc1ccc(C(=O)Oc2ccc(C3NC(=O)c4c(sc5c4CCC(C)C5)N3)cc2OC)cc1. The van der Waals surface area contributed by atoms with Gasteiger partial charge in [-0.15, -0.1) is 11.3 Å². The molecule has 1 aliphatic carbocycles. The second-order valence-electron chi connectivity index (χ2n) is 8.64. The Kier molecular flexibility index (Phi) is 5.91. The smallest absolute Gasteiger partial charge is 0.343 e. The molecule has 176 valence electrons. The van der Waals surface area contributed by atoms with Crippen molar-refractivity contribution < 1.29 is 23.8 Å². The average molecular weight is 479 g/mol. The van der Waals surface area contributed by atoms with Crippen LogP contribution in [-0.2, 0) is 12.8 Å². The number of methoxy groups -OCH3 is 2. The number of ether oxygens (including phenoxy) is 3. The van der Waals surface area contributed by atoms with Gasteiger partial charge >= 0.3 is 5.97 Å². The number of thiophene rings is 1. The first-order chi connectivity index (χ1) is 16.5. The van der Waals surface area contributed by atoms with E-state index in [2.05, 4.69) is 17.6 Å². The highest BCUT2D eigenvalue weighted by molar-refractivity contribution is 7.16. The topological polar surface area (TPSA) is 85.9 Å². The van der Waals surface area contributed by atoms with E-state index in [1.54, 1.807) is 54.8 Å². The molecule has 2 atom stereocenters. The molecule has 8 heteroatoms. The number of esters is 1. The first-order valence-corrected chi connectivity index (χ1v) is 12.0. The van der Waals surface area contributed by atoms with Crippen LogP contribution in [0.2, 0.25) is 0 Å². The fraction of sp³-hybridized carbons (Fsp3) is 0.308. The third-order valence-corrected chi connectivity index (χ3v) is 7.52. The summed E-state index contributed by atoms with van der Waals surface area (Å²) in [6, 6.07) is 12.0. The Labute approximate surface area is 202 Å². The number of fused-ring (bicyclic) bond motifs is 3. The fourth-order valence-corrected chi connectivity index (χ4v) is 5.90. The normalized spacial score (nSPS) is 18.7. The number of carbonyl (C=O) groups excluding carboxylic acids is 2. The highest BCUT2D eigenvalue weighted by Crippen LogP contribution is 2.43. The van der Waals surface area contributed by atoms with Gasteiger partial charge in [-0.25, -0.2) is 4.79 Å². The van der Waals surface area contributed by atoms with Crippen LogP contribution >= 0.6 is 11.3 Å².